The van der Waals surface area contributed by atoms with E-state index >= 15 is 0 Å². The molecule has 0 fully saturated rings. The summed E-state index contributed by atoms with van der Waals surface area (Å²) in [6.07, 6.45) is 0. The topological polar surface area (TPSA) is 172 Å². The number of nitrogens with zero attached hydrogens (tertiary/aromatic N) is 8. The normalized spacial score (nSPS) is 12.2. The van der Waals surface area contributed by atoms with Gasteiger partial charge in [0.2, 0.25) is 11.8 Å². The zero-order valence-electron chi connectivity index (χ0n) is 14.4. The van der Waals surface area contributed by atoms with Gasteiger partial charge in [-0.2, -0.15) is 15.3 Å². The highest BCUT2D eigenvalue weighted by Crippen LogP contribution is 2.32. The van der Waals surface area contributed by atoms with Gasteiger partial charge < -0.3 is 5.43 Å². The predicted octanol–water partition coefficient (Wildman–Crippen LogP) is -1.01. The van der Waals surface area contributed by atoms with Gasteiger partial charge in [-0.3, -0.25) is 14.7 Å². The zero-order valence-corrected chi connectivity index (χ0v) is 14.4. The third kappa shape index (κ3) is 2.94. The molecule has 26 heavy (non-hydrogen) atoms. The van der Waals surface area contributed by atoms with Gasteiger partial charge in [-0.25, -0.2) is 10.9 Å². The molecule has 14 heteroatoms. The predicted molar refractivity (Wildman–Crippen MR) is 89.4 cm³/mol. The van der Waals surface area contributed by atoms with Gasteiger partial charge in [0.1, 0.15) is 33.5 Å². The van der Waals surface area contributed by atoms with Crippen LogP contribution in [0.15, 0.2) is 15.3 Å². The molecular formula is C12H16N12O2. The monoisotopic (exact) mass is 360 g/mol. The molecule has 0 bridgehead atoms. The maximum absolute atomic E-state index is 11.3. The lowest BCUT2D eigenvalue weighted by atomic mass is 10.1. The van der Waals surface area contributed by atoms with Crippen molar-refractivity contribution in [3.63, 3.8) is 0 Å². The number of benzene rings is 1. The number of carbonyl (C=O) groups excluding carboxylic acids is 2. The lowest BCUT2D eigenvalue weighted by molar-refractivity contribution is -0.116. The smallest absolute Gasteiger partial charge is 0.238 e. The van der Waals surface area contributed by atoms with Crippen LogP contribution < -0.4 is 21.6 Å². The average Bonchev–Trinajstić information content (AvgIpc) is 3.13. The Morgan fingerprint density at radius 1 is 1.08 bits per heavy atom. The summed E-state index contributed by atoms with van der Waals surface area (Å²) in [6.45, 7) is 2.68. The molecule has 0 aromatic carbocycles. The number of aromatic amines is 1. The van der Waals surface area contributed by atoms with Crippen molar-refractivity contribution in [1.29, 1.82) is 0 Å². The lowest BCUT2D eigenvalue weighted by Crippen LogP contribution is -2.23. The first-order valence-corrected chi connectivity index (χ1v) is 7.42. The summed E-state index contributed by atoms with van der Waals surface area (Å²) in [5.74, 6) is -0.665. The fourth-order valence-electron chi connectivity index (χ4n) is 2.33. The maximum Gasteiger partial charge on any atom is 0.238 e. The molecule has 1 aromatic heterocycles. The van der Waals surface area contributed by atoms with E-state index in [0.29, 0.717) is 33.5 Å². The van der Waals surface area contributed by atoms with Crippen molar-refractivity contribution in [2.24, 2.45) is 15.3 Å². The van der Waals surface area contributed by atoms with Crippen LogP contribution in [0.5, 0.6) is 0 Å². The first kappa shape index (κ1) is 17.0. The number of fused-ring (bicyclic) bond motifs is 2. The highest BCUT2D eigenvalue weighted by atomic mass is 16.2. The van der Waals surface area contributed by atoms with Crippen LogP contribution in [0.4, 0.5) is 5.69 Å². The minimum absolute atomic E-state index is 0.321. The van der Waals surface area contributed by atoms with E-state index in [4.69, 9.17) is 0 Å². The van der Waals surface area contributed by atoms with E-state index in [1.165, 1.54) is 20.9 Å². The number of rotatable bonds is 4. The van der Waals surface area contributed by atoms with E-state index in [1.54, 1.807) is 7.05 Å². The summed E-state index contributed by atoms with van der Waals surface area (Å²) in [6, 6.07) is 0. The fourth-order valence-corrected chi connectivity index (χ4v) is 2.33. The molecule has 1 aliphatic carbocycles. The molecule has 0 radical (unpaired) electrons. The second-order valence-corrected chi connectivity index (χ2v) is 5.10. The Morgan fingerprint density at radius 3 is 2.38 bits per heavy atom. The number of hydrogen-bond donors (Lipinski definition) is 4. The number of nitrogens with one attached hydrogen (secondary N) is 4. The molecule has 2 aliphatic rings. The highest BCUT2D eigenvalue weighted by molar-refractivity contribution is 5.96. The van der Waals surface area contributed by atoms with E-state index < -0.39 is 0 Å². The Balaban J connectivity index is 2.40. The molecule has 1 aliphatic heterocycles. The molecule has 2 heterocycles. The van der Waals surface area contributed by atoms with Crippen molar-refractivity contribution < 1.29 is 9.59 Å². The van der Waals surface area contributed by atoms with Crippen molar-refractivity contribution >= 4 is 28.5 Å². The van der Waals surface area contributed by atoms with Crippen LogP contribution in [0.1, 0.15) is 13.8 Å². The minimum Gasteiger partial charge on any atom is -0.312 e. The van der Waals surface area contributed by atoms with E-state index in [2.05, 4.69) is 52.0 Å². The molecule has 2 amide bonds. The SMILES string of the molecule is CN=Nc1c2[nH]n(NC(C)=O)nc-2c(=NNC)c2nn(NC(C)=O)nc12. The third-order valence-electron chi connectivity index (χ3n) is 3.12. The molecule has 0 unspecified atom stereocenters. The lowest BCUT2D eigenvalue weighted by Gasteiger charge is -2.01. The van der Waals surface area contributed by atoms with Gasteiger partial charge in [0.05, 0.1) is 0 Å². The largest absolute Gasteiger partial charge is 0.312 e. The molecule has 1 aromatic rings. The van der Waals surface area contributed by atoms with Gasteiger partial charge in [-0.1, -0.05) is 4.91 Å². The summed E-state index contributed by atoms with van der Waals surface area (Å²) in [7, 11) is 3.12. The van der Waals surface area contributed by atoms with Crippen LogP contribution >= 0.6 is 0 Å². The van der Waals surface area contributed by atoms with Gasteiger partial charge in [-0.05, 0) is 0 Å². The molecule has 4 N–H and O–H groups in total. The van der Waals surface area contributed by atoms with Gasteiger partial charge in [0.25, 0.3) is 0 Å². The third-order valence-corrected chi connectivity index (χ3v) is 3.12. The van der Waals surface area contributed by atoms with Gasteiger partial charge in [-0.15, -0.1) is 20.2 Å². The van der Waals surface area contributed by atoms with Crippen molar-refractivity contribution in [3.8, 4) is 11.4 Å². The van der Waals surface area contributed by atoms with Gasteiger partial charge in [0, 0.05) is 27.9 Å². The summed E-state index contributed by atoms with van der Waals surface area (Å²) < 4.78 is 0. The van der Waals surface area contributed by atoms with Crippen LogP contribution in [0.2, 0.25) is 0 Å². The molecule has 0 atom stereocenters. The van der Waals surface area contributed by atoms with Crippen molar-refractivity contribution in [3.05, 3.63) is 5.36 Å². The maximum atomic E-state index is 11.3. The van der Waals surface area contributed by atoms with Crippen LogP contribution in [0, 0.1) is 0 Å². The van der Waals surface area contributed by atoms with E-state index in [-0.39, 0.29) is 11.8 Å². The Bertz CT molecular complexity index is 1040. The molecular weight excluding hydrogens is 344 g/mol. The number of H-pyrrole nitrogens is 1. The fraction of sp³-hybridized carbons (Fsp3) is 0.333. The standard InChI is InChI=1S/C12H16N12O2/c1-5(25)17-23-19-9-7(15-13-3)11-12(8(16-14-4)10(9)20-23)22-24(21-11)18-6(2)26/h13,20H,1-4H3,(H,17,25)(H,18,26). The molecule has 14 nitrogen and oxygen atoms in total. The van der Waals surface area contributed by atoms with E-state index in [9.17, 15) is 9.59 Å². The van der Waals surface area contributed by atoms with E-state index in [1.807, 2.05) is 0 Å². The molecule has 0 saturated carbocycles. The summed E-state index contributed by atoms with van der Waals surface area (Å²) in [4.78, 5) is 24.8. The summed E-state index contributed by atoms with van der Waals surface area (Å²) >= 11 is 0. The highest BCUT2D eigenvalue weighted by Gasteiger charge is 2.25. The van der Waals surface area contributed by atoms with Gasteiger partial charge >= 0.3 is 0 Å². The number of carbonyl (C=O) groups is 2. The Hall–Kier alpha value is -3.84. The quantitative estimate of drug-likeness (QED) is 0.343. The van der Waals surface area contributed by atoms with Crippen LogP contribution in [-0.4, -0.2) is 56.1 Å². The number of hydrogen-bond acceptors (Lipinski definition) is 9. The van der Waals surface area contributed by atoms with Crippen LogP contribution in [0.25, 0.3) is 22.4 Å². The molecule has 3 rings (SSSR count). The minimum atomic E-state index is -0.344. The van der Waals surface area contributed by atoms with Crippen molar-refractivity contribution in [2.75, 3.05) is 24.9 Å². The van der Waals surface area contributed by atoms with E-state index in [0.717, 1.165) is 9.81 Å². The zero-order chi connectivity index (χ0) is 18.8. The Labute approximate surface area is 145 Å². The first-order valence-electron chi connectivity index (χ1n) is 7.42. The second-order valence-electron chi connectivity index (χ2n) is 5.10. The van der Waals surface area contributed by atoms with Gasteiger partial charge in [0.15, 0.2) is 0 Å². The number of azo groups is 1. The van der Waals surface area contributed by atoms with Crippen LogP contribution in [0.3, 0.4) is 0 Å². The second kappa shape index (κ2) is 6.58. The molecule has 0 spiro atoms. The van der Waals surface area contributed by atoms with Crippen LogP contribution in [-0.2, 0) is 9.59 Å². The summed E-state index contributed by atoms with van der Waals surface area (Å²) in [5, 5.41) is 28.0. The Morgan fingerprint density at radius 2 is 1.77 bits per heavy atom. The number of amides is 2. The Kier molecular flexibility index (Phi) is 4.30. The molecule has 0 saturated heterocycles. The molecule has 136 valence electrons. The average molecular weight is 360 g/mol. The first-order chi connectivity index (χ1) is 12.4. The summed E-state index contributed by atoms with van der Waals surface area (Å²) in [5.41, 5.74) is 9.43. The number of aromatic nitrogens is 6. The van der Waals surface area contributed by atoms with Crippen molar-refractivity contribution in [2.45, 2.75) is 13.8 Å². The van der Waals surface area contributed by atoms with Crippen molar-refractivity contribution in [1.82, 2.24) is 35.6 Å².